The largest absolute Gasteiger partial charge is 0.460 e. The molecule has 0 aliphatic heterocycles. The number of ether oxygens (including phenoxy) is 2. The van der Waals surface area contributed by atoms with Crippen molar-refractivity contribution in [3.05, 3.63) is 52.0 Å². The fraction of sp³-hybridized carbons (Fsp3) is 0.556. The van der Waals surface area contributed by atoms with E-state index in [1.807, 2.05) is 71.9 Å². The average Bonchev–Trinajstić information content (AvgIpc) is 3.31. The van der Waals surface area contributed by atoms with E-state index in [0.29, 0.717) is 25.1 Å². The van der Waals surface area contributed by atoms with Gasteiger partial charge in [0.1, 0.15) is 12.6 Å². The zero-order valence-corrected chi connectivity index (χ0v) is 22.9. The third kappa shape index (κ3) is 10.4. The maximum Gasteiger partial charge on any atom is 0.408 e. The van der Waals surface area contributed by atoms with Crippen LogP contribution < -0.4 is 10.6 Å². The van der Waals surface area contributed by atoms with Gasteiger partial charge in [-0.05, 0) is 36.2 Å². The number of aromatic nitrogens is 1. The number of nitrogens with zero attached hydrogens (tertiary/aromatic N) is 1. The number of hydrogen-bond donors (Lipinski definition) is 2. The predicted octanol–water partition coefficient (Wildman–Crippen LogP) is 5.50. The molecule has 9 heteroatoms. The molecule has 2 amide bonds. The number of alkyl carbamates (subject to hydrolysis) is 1. The molecule has 0 radical (unpaired) electrons. The SMILES string of the molecule is CC(C)COC(=O)c1nc(C(CC(C)C)NC(=O)C(CC(C)C)NC(=O)OCc2ccccc2)cs1. The van der Waals surface area contributed by atoms with Gasteiger partial charge in [0.2, 0.25) is 10.9 Å². The topological polar surface area (TPSA) is 107 Å². The summed E-state index contributed by atoms with van der Waals surface area (Å²) in [5, 5.41) is 7.78. The Kier molecular flexibility index (Phi) is 11.9. The Hall–Kier alpha value is -2.94. The van der Waals surface area contributed by atoms with Crippen LogP contribution in [0.1, 0.15) is 81.5 Å². The van der Waals surface area contributed by atoms with E-state index in [0.717, 1.165) is 5.56 Å². The second-order valence-electron chi connectivity index (χ2n) is 10.1. The highest BCUT2D eigenvalue weighted by Crippen LogP contribution is 2.24. The fourth-order valence-electron chi connectivity index (χ4n) is 3.45. The summed E-state index contributed by atoms with van der Waals surface area (Å²) in [7, 11) is 0. The molecule has 0 saturated carbocycles. The second kappa shape index (κ2) is 14.6. The highest BCUT2D eigenvalue weighted by molar-refractivity contribution is 7.11. The maximum atomic E-state index is 13.3. The Morgan fingerprint density at radius 1 is 0.889 bits per heavy atom. The lowest BCUT2D eigenvalue weighted by atomic mass is 9.99. The van der Waals surface area contributed by atoms with Gasteiger partial charge in [0.25, 0.3) is 0 Å². The number of carbonyl (C=O) groups is 3. The van der Waals surface area contributed by atoms with Gasteiger partial charge in [0.05, 0.1) is 18.3 Å². The Bertz CT molecular complexity index is 975. The van der Waals surface area contributed by atoms with Crippen LogP contribution in [0, 0.1) is 17.8 Å². The number of esters is 1. The molecule has 0 fully saturated rings. The van der Waals surface area contributed by atoms with E-state index < -0.39 is 24.1 Å². The minimum absolute atomic E-state index is 0.118. The monoisotopic (exact) mass is 517 g/mol. The van der Waals surface area contributed by atoms with E-state index in [1.54, 1.807) is 5.38 Å². The van der Waals surface area contributed by atoms with E-state index in [2.05, 4.69) is 15.6 Å². The van der Waals surface area contributed by atoms with Gasteiger partial charge >= 0.3 is 12.1 Å². The van der Waals surface area contributed by atoms with Crippen molar-refractivity contribution in [1.82, 2.24) is 15.6 Å². The molecule has 2 unspecified atom stereocenters. The third-order valence-electron chi connectivity index (χ3n) is 5.15. The third-order valence-corrected chi connectivity index (χ3v) is 5.99. The predicted molar refractivity (Wildman–Crippen MR) is 141 cm³/mol. The minimum atomic E-state index is -0.767. The van der Waals surface area contributed by atoms with Crippen molar-refractivity contribution in [2.45, 2.75) is 73.1 Å². The molecule has 2 aromatic rings. The fourth-order valence-corrected chi connectivity index (χ4v) is 4.21. The summed E-state index contributed by atoms with van der Waals surface area (Å²) in [5.74, 6) is -0.120. The van der Waals surface area contributed by atoms with Crippen molar-refractivity contribution in [3.8, 4) is 0 Å². The molecule has 2 N–H and O–H groups in total. The maximum absolute atomic E-state index is 13.3. The van der Waals surface area contributed by atoms with Crippen LogP contribution in [0.3, 0.4) is 0 Å². The summed E-state index contributed by atoms with van der Waals surface area (Å²) in [6, 6.07) is 8.18. The molecule has 1 heterocycles. The first-order valence-electron chi connectivity index (χ1n) is 12.4. The van der Waals surface area contributed by atoms with Crippen LogP contribution >= 0.6 is 11.3 Å². The van der Waals surface area contributed by atoms with Gasteiger partial charge in [-0.2, -0.15) is 0 Å². The van der Waals surface area contributed by atoms with Gasteiger partial charge in [0.15, 0.2) is 0 Å². The number of amides is 2. The quantitative estimate of drug-likeness (QED) is 0.340. The van der Waals surface area contributed by atoms with Crippen LogP contribution in [0.4, 0.5) is 4.79 Å². The molecule has 8 nitrogen and oxygen atoms in total. The summed E-state index contributed by atoms with van der Waals surface area (Å²) >= 11 is 1.20. The summed E-state index contributed by atoms with van der Waals surface area (Å²) in [4.78, 5) is 42.5. The van der Waals surface area contributed by atoms with E-state index in [-0.39, 0.29) is 35.3 Å². The highest BCUT2D eigenvalue weighted by Gasteiger charge is 2.27. The first-order chi connectivity index (χ1) is 17.0. The number of nitrogens with one attached hydrogen (secondary N) is 2. The first kappa shape index (κ1) is 29.3. The molecule has 2 rings (SSSR count). The van der Waals surface area contributed by atoms with Crippen LogP contribution in [0.5, 0.6) is 0 Å². The number of carbonyl (C=O) groups excluding carboxylic acids is 3. The van der Waals surface area contributed by atoms with Crippen LogP contribution in [-0.4, -0.2) is 35.6 Å². The lowest BCUT2D eigenvalue weighted by molar-refractivity contribution is -0.124. The van der Waals surface area contributed by atoms with Crippen molar-refractivity contribution in [1.29, 1.82) is 0 Å². The van der Waals surface area contributed by atoms with Crippen molar-refractivity contribution in [2.24, 2.45) is 17.8 Å². The van der Waals surface area contributed by atoms with Crippen LogP contribution in [-0.2, 0) is 20.9 Å². The molecule has 1 aromatic heterocycles. The number of thiazole rings is 1. The molecule has 0 spiro atoms. The Balaban J connectivity index is 2.08. The standard InChI is InChI=1S/C27H39N3O5S/c1-17(2)12-21(23-16-36-25(29-23)26(32)34-14-19(5)6)28-24(31)22(13-18(3)4)30-27(33)35-15-20-10-8-7-9-11-20/h7-11,16-19,21-22H,12-15H2,1-6H3,(H,28,31)(H,30,33). The average molecular weight is 518 g/mol. The summed E-state index contributed by atoms with van der Waals surface area (Å²) in [6.45, 7) is 12.4. The van der Waals surface area contributed by atoms with Crippen LogP contribution in [0.25, 0.3) is 0 Å². The number of benzene rings is 1. The molecule has 0 bridgehead atoms. The minimum Gasteiger partial charge on any atom is -0.460 e. The van der Waals surface area contributed by atoms with Crippen molar-refractivity contribution >= 4 is 29.3 Å². The molecule has 0 saturated heterocycles. The van der Waals surface area contributed by atoms with Crippen molar-refractivity contribution in [2.75, 3.05) is 6.61 Å². The number of hydrogen-bond acceptors (Lipinski definition) is 7. The molecule has 0 aliphatic rings. The van der Waals surface area contributed by atoms with Gasteiger partial charge in [0, 0.05) is 5.38 Å². The summed E-state index contributed by atoms with van der Waals surface area (Å²) in [5.41, 5.74) is 1.47. The van der Waals surface area contributed by atoms with E-state index in [4.69, 9.17) is 9.47 Å². The molecule has 198 valence electrons. The molecular formula is C27H39N3O5S. The molecule has 0 aliphatic carbocycles. The zero-order chi connectivity index (χ0) is 26.7. The lowest BCUT2D eigenvalue weighted by Crippen LogP contribution is -2.48. The van der Waals surface area contributed by atoms with Crippen LogP contribution in [0.15, 0.2) is 35.7 Å². The van der Waals surface area contributed by atoms with Crippen molar-refractivity contribution < 1.29 is 23.9 Å². The first-order valence-corrected chi connectivity index (χ1v) is 13.3. The molecule has 36 heavy (non-hydrogen) atoms. The van der Waals surface area contributed by atoms with Gasteiger partial charge < -0.3 is 20.1 Å². The zero-order valence-electron chi connectivity index (χ0n) is 22.1. The Morgan fingerprint density at radius 2 is 1.56 bits per heavy atom. The van der Waals surface area contributed by atoms with Crippen LogP contribution in [0.2, 0.25) is 0 Å². The summed E-state index contributed by atoms with van der Waals surface area (Å²) < 4.78 is 10.6. The smallest absolute Gasteiger partial charge is 0.408 e. The highest BCUT2D eigenvalue weighted by atomic mass is 32.1. The van der Waals surface area contributed by atoms with E-state index in [1.165, 1.54) is 11.3 Å². The van der Waals surface area contributed by atoms with E-state index in [9.17, 15) is 14.4 Å². The van der Waals surface area contributed by atoms with Gasteiger partial charge in [-0.3, -0.25) is 4.79 Å². The number of rotatable bonds is 13. The second-order valence-corrected chi connectivity index (χ2v) is 11.0. The van der Waals surface area contributed by atoms with Gasteiger partial charge in [-0.15, -0.1) is 11.3 Å². The molecular weight excluding hydrogens is 478 g/mol. The summed E-state index contributed by atoms with van der Waals surface area (Å²) in [6.07, 6.45) is 0.428. The van der Waals surface area contributed by atoms with Gasteiger partial charge in [-0.25, -0.2) is 14.6 Å². The molecule has 2 atom stereocenters. The normalized spacial score (nSPS) is 12.9. The molecule has 1 aromatic carbocycles. The Morgan fingerprint density at radius 3 is 2.17 bits per heavy atom. The van der Waals surface area contributed by atoms with Crippen molar-refractivity contribution in [3.63, 3.8) is 0 Å². The lowest BCUT2D eigenvalue weighted by Gasteiger charge is -2.24. The Labute approximate surface area is 218 Å². The van der Waals surface area contributed by atoms with Gasteiger partial charge in [-0.1, -0.05) is 71.9 Å². The van der Waals surface area contributed by atoms with E-state index >= 15 is 0 Å².